The number of nitro groups is 1. The molecule has 1 aromatic heterocycles. The molecule has 0 aliphatic carbocycles. The number of aliphatic hydroxyl groups excluding tert-OH is 1. The van der Waals surface area contributed by atoms with E-state index in [-0.39, 0.29) is 10.6 Å². The second-order valence-electron chi connectivity index (χ2n) is 5.39. The zero-order valence-electron chi connectivity index (χ0n) is 11.6. The van der Waals surface area contributed by atoms with Crippen LogP contribution in [0.2, 0.25) is 0 Å². The number of hydrogen-bond donors (Lipinski definition) is 1. The Morgan fingerprint density at radius 1 is 1.35 bits per heavy atom. The molecule has 0 aliphatic heterocycles. The number of pyridine rings is 1. The molecule has 5 heteroatoms. The molecular weight excluding hydrogens is 256 g/mol. The molecule has 2 aromatic rings. The molecule has 1 unspecified atom stereocenters. The Bertz CT molecular complexity index is 626. The van der Waals surface area contributed by atoms with Gasteiger partial charge in [0.15, 0.2) is 0 Å². The molecule has 1 heterocycles. The van der Waals surface area contributed by atoms with Crippen LogP contribution < -0.4 is 0 Å². The summed E-state index contributed by atoms with van der Waals surface area (Å²) in [6.07, 6.45) is 1.96. The fourth-order valence-corrected chi connectivity index (χ4v) is 2.44. The average Bonchev–Trinajstić information content (AvgIpc) is 2.36. The monoisotopic (exact) mass is 274 g/mol. The van der Waals surface area contributed by atoms with Crippen LogP contribution in [-0.4, -0.2) is 21.1 Å². The van der Waals surface area contributed by atoms with Gasteiger partial charge in [-0.15, -0.1) is 0 Å². The lowest BCUT2D eigenvalue weighted by molar-refractivity contribution is -0.383. The van der Waals surface area contributed by atoms with E-state index in [9.17, 15) is 15.2 Å². The molecule has 1 aromatic carbocycles. The van der Waals surface area contributed by atoms with Gasteiger partial charge in [-0.1, -0.05) is 13.8 Å². The number of aromatic nitrogens is 1. The first kappa shape index (κ1) is 14.4. The van der Waals surface area contributed by atoms with Crippen LogP contribution in [-0.2, 0) is 6.42 Å². The van der Waals surface area contributed by atoms with Gasteiger partial charge < -0.3 is 5.11 Å². The van der Waals surface area contributed by atoms with Gasteiger partial charge in [0.25, 0.3) is 5.69 Å². The van der Waals surface area contributed by atoms with E-state index in [1.807, 2.05) is 13.8 Å². The molecule has 5 nitrogen and oxygen atoms in total. The molecule has 0 spiro atoms. The summed E-state index contributed by atoms with van der Waals surface area (Å²) in [4.78, 5) is 15.1. The number of aliphatic hydroxyl groups is 1. The first-order chi connectivity index (χ1) is 9.49. The Morgan fingerprint density at radius 2 is 2.10 bits per heavy atom. The van der Waals surface area contributed by atoms with Crippen molar-refractivity contribution in [1.29, 1.82) is 0 Å². The molecule has 0 saturated heterocycles. The van der Waals surface area contributed by atoms with Gasteiger partial charge in [-0.3, -0.25) is 15.1 Å². The SMILES string of the molecule is CC(C)CC(O)Cc1ccc2ncccc2c1[N+](=O)[O-]. The van der Waals surface area contributed by atoms with E-state index in [0.717, 1.165) is 0 Å². The van der Waals surface area contributed by atoms with Crippen LogP contribution in [0.25, 0.3) is 10.9 Å². The van der Waals surface area contributed by atoms with Gasteiger partial charge in [-0.05, 0) is 36.6 Å². The molecule has 1 atom stereocenters. The van der Waals surface area contributed by atoms with Crippen LogP contribution in [0.4, 0.5) is 5.69 Å². The predicted octanol–water partition coefficient (Wildman–Crippen LogP) is 3.09. The number of nitrogens with zero attached hydrogens (tertiary/aromatic N) is 2. The van der Waals surface area contributed by atoms with Crippen LogP contribution in [0.3, 0.4) is 0 Å². The fourth-order valence-electron chi connectivity index (χ4n) is 2.44. The molecule has 1 N–H and O–H groups in total. The van der Waals surface area contributed by atoms with E-state index in [0.29, 0.717) is 35.2 Å². The first-order valence-electron chi connectivity index (χ1n) is 6.68. The minimum absolute atomic E-state index is 0.0541. The summed E-state index contributed by atoms with van der Waals surface area (Å²) >= 11 is 0. The fraction of sp³-hybridized carbons (Fsp3) is 0.400. The third kappa shape index (κ3) is 3.11. The lowest BCUT2D eigenvalue weighted by Crippen LogP contribution is -2.14. The molecule has 0 aliphatic rings. The van der Waals surface area contributed by atoms with Gasteiger partial charge in [0.2, 0.25) is 0 Å². The molecular formula is C15H18N2O3. The Labute approximate surface area is 117 Å². The van der Waals surface area contributed by atoms with E-state index in [1.54, 1.807) is 30.5 Å². The maximum absolute atomic E-state index is 11.3. The number of rotatable bonds is 5. The summed E-state index contributed by atoms with van der Waals surface area (Å²) in [5.74, 6) is 0.353. The topological polar surface area (TPSA) is 76.3 Å². The Morgan fingerprint density at radius 3 is 2.75 bits per heavy atom. The van der Waals surface area contributed by atoms with Gasteiger partial charge in [0.05, 0.1) is 21.9 Å². The largest absolute Gasteiger partial charge is 0.393 e. The highest BCUT2D eigenvalue weighted by molar-refractivity contribution is 5.89. The first-order valence-corrected chi connectivity index (χ1v) is 6.68. The average molecular weight is 274 g/mol. The molecule has 0 amide bonds. The number of hydrogen-bond acceptors (Lipinski definition) is 4. The van der Waals surface area contributed by atoms with Crippen molar-refractivity contribution >= 4 is 16.6 Å². The third-order valence-electron chi connectivity index (χ3n) is 3.22. The zero-order chi connectivity index (χ0) is 14.7. The molecule has 106 valence electrons. The van der Waals surface area contributed by atoms with E-state index in [2.05, 4.69) is 4.98 Å². The van der Waals surface area contributed by atoms with E-state index in [4.69, 9.17) is 0 Å². The lowest BCUT2D eigenvalue weighted by Gasteiger charge is -2.13. The highest BCUT2D eigenvalue weighted by Gasteiger charge is 2.21. The number of nitro benzene ring substituents is 1. The molecule has 20 heavy (non-hydrogen) atoms. The summed E-state index contributed by atoms with van der Waals surface area (Å²) < 4.78 is 0. The molecule has 0 bridgehead atoms. The van der Waals surface area contributed by atoms with Gasteiger partial charge in [-0.2, -0.15) is 0 Å². The Balaban J connectivity index is 2.42. The quantitative estimate of drug-likeness (QED) is 0.671. The van der Waals surface area contributed by atoms with Crippen LogP contribution in [0.5, 0.6) is 0 Å². The van der Waals surface area contributed by atoms with Gasteiger partial charge in [-0.25, -0.2) is 0 Å². The second-order valence-corrected chi connectivity index (χ2v) is 5.39. The van der Waals surface area contributed by atoms with Gasteiger partial charge in [0.1, 0.15) is 0 Å². The van der Waals surface area contributed by atoms with Crippen molar-refractivity contribution in [3.8, 4) is 0 Å². The van der Waals surface area contributed by atoms with E-state index < -0.39 is 6.10 Å². The van der Waals surface area contributed by atoms with Crippen molar-refractivity contribution in [2.45, 2.75) is 32.8 Å². The van der Waals surface area contributed by atoms with Crippen LogP contribution in [0.1, 0.15) is 25.8 Å². The summed E-state index contributed by atoms with van der Waals surface area (Å²) in [5, 5.41) is 21.9. The lowest BCUT2D eigenvalue weighted by atomic mass is 9.97. The molecule has 2 rings (SSSR count). The van der Waals surface area contributed by atoms with Crippen LogP contribution in [0, 0.1) is 16.0 Å². The maximum atomic E-state index is 11.3. The number of fused-ring (bicyclic) bond motifs is 1. The normalized spacial score (nSPS) is 12.8. The highest BCUT2D eigenvalue weighted by atomic mass is 16.6. The van der Waals surface area contributed by atoms with Crippen LogP contribution >= 0.6 is 0 Å². The summed E-state index contributed by atoms with van der Waals surface area (Å²) in [7, 11) is 0. The highest BCUT2D eigenvalue weighted by Crippen LogP contribution is 2.29. The smallest absolute Gasteiger partial charge is 0.282 e. The molecule has 0 saturated carbocycles. The standard InChI is InChI=1S/C15H18N2O3/c1-10(2)8-12(18)9-11-5-6-14-13(4-3-7-16-14)15(11)17(19)20/h3-7,10,12,18H,8-9H2,1-2H3. The predicted molar refractivity (Wildman–Crippen MR) is 77.6 cm³/mol. The maximum Gasteiger partial charge on any atom is 0.282 e. The van der Waals surface area contributed by atoms with E-state index in [1.165, 1.54) is 0 Å². The van der Waals surface area contributed by atoms with Crippen LogP contribution in [0.15, 0.2) is 30.5 Å². The van der Waals surface area contributed by atoms with Crippen molar-refractivity contribution in [3.63, 3.8) is 0 Å². The van der Waals surface area contributed by atoms with Crippen molar-refractivity contribution in [2.24, 2.45) is 5.92 Å². The zero-order valence-corrected chi connectivity index (χ0v) is 11.6. The summed E-state index contributed by atoms with van der Waals surface area (Å²) in [6, 6.07) is 6.83. The summed E-state index contributed by atoms with van der Waals surface area (Å²) in [5.41, 5.74) is 1.21. The van der Waals surface area contributed by atoms with Crippen molar-refractivity contribution in [1.82, 2.24) is 4.98 Å². The third-order valence-corrected chi connectivity index (χ3v) is 3.22. The van der Waals surface area contributed by atoms with Gasteiger partial charge in [0, 0.05) is 18.2 Å². The number of benzene rings is 1. The molecule has 0 radical (unpaired) electrons. The minimum Gasteiger partial charge on any atom is -0.393 e. The van der Waals surface area contributed by atoms with Gasteiger partial charge >= 0.3 is 0 Å². The summed E-state index contributed by atoms with van der Waals surface area (Å²) in [6.45, 7) is 4.03. The van der Waals surface area contributed by atoms with Crippen molar-refractivity contribution in [3.05, 3.63) is 46.1 Å². The second kappa shape index (κ2) is 5.96. The van der Waals surface area contributed by atoms with E-state index >= 15 is 0 Å². The Hall–Kier alpha value is -2.01. The van der Waals surface area contributed by atoms with Crippen molar-refractivity contribution in [2.75, 3.05) is 0 Å². The molecule has 0 fully saturated rings. The van der Waals surface area contributed by atoms with Crippen molar-refractivity contribution < 1.29 is 10.0 Å². The minimum atomic E-state index is -0.567. The Kier molecular flexibility index (Phi) is 4.29.